The monoisotopic (exact) mass is 318 g/mol. The summed E-state index contributed by atoms with van der Waals surface area (Å²) in [5.74, 6) is 6.74. The first-order valence-corrected chi connectivity index (χ1v) is 7.04. The molecule has 0 fully saturated rings. The second-order valence-electron chi connectivity index (χ2n) is 4.43. The second-order valence-corrected chi connectivity index (χ2v) is 4.86. The van der Waals surface area contributed by atoms with E-state index in [1.54, 1.807) is 37.6 Å². The van der Waals surface area contributed by atoms with Gasteiger partial charge in [-0.2, -0.15) is 0 Å². The van der Waals surface area contributed by atoms with Gasteiger partial charge in [-0.3, -0.25) is 4.57 Å². The molecule has 0 saturated carbocycles. The van der Waals surface area contributed by atoms with Crippen molar-refractivity contribution in [2.45, 2.75) is 13.8 Å². The summed E-state index contributed by atoms with van der Waals surface area (Å²) in [4.78, 5) is 15.7. The molecular formula is C16H15ClN2O3. The molecule has 0 saturated heterocycles. The van der Waals surface area contributed by atoms with Crippen LogP contribution < -0.4 is 4.74 Å². The van der Waals surface area contributed by atoms with Crippen molar-refractivity contribution in [3.8, 4) is 17.7 Å². The van der Waals surface area contributed by atoms with Gasteiger partial charge >= 0.3 is 6.16 Å². The van der Waals surface area contributed by atoms with Gasteiger partial charge < -0.3 is 9.47 Å². The van der Waals surface area contributed by atoms with Gasteiger partial charge in [-0.15, -0.1) is 0 Å². The Labute approximate surface area is 133 Å². The van der Waals surface area contributed by atoms with E-state index in [-0.39, 0.29) is 6.61 Å². The van der Waals surface area contributed by atoms with Crippen molar-refractivity contribution in [2.24, 2.45) is 7.05 Å². The minimum absolute atomic E-state index is 0.249. The lowest BCUT2D eigenvalue weighted by Gasteiger charge is -2.05. The van der Waals surface area contributed by atoms with Crippen LogP contribution in [-0.2, 0) is 11.8 Å². The van der Waals surface area contributed by atoms with Crippen molar-refractivity contribution in [2.75, 3.05) is 6.61 Å². The van der Waals surface area contributed by atoms with Crippen LogP contribution in [-0.4, -0.2) is 22.3 Å². The highest BCUT2D eigenvalue weighted by atomic mass is 35.5. The van der Waals surface area contributed by atoms with Crippen LogP contribution in [0.2, 0.25) is 5.02 Å². The standard InChI is InChI=1S/C16H15ClN2O3/c1-4-21-16(20)22-15-11(2)18-14(19(15)3)10-7-12-5-8-13(17)9-6-12/h5-6,8-9H,4H2,1-3H3. The van der Waals surface area contributed by atoms with Gasteiger partial charge in [0.05, 0.1) is 6.61 Å². The Kier molecular flexibility index (Phi) is 5.08. The molecule has 5 nitrogen and oxygen atoms in total. The van der Waals surface area contributed by atoms with Crippen molar-refractivity contribution in [1.29, 1.82) is 0 Å². The van der Waals surface area contributed by atoms with Crippen LogP contribution >= 0.6 is 11.6 Å². The Balaban J connectivity index is 2.23. The molecule has 0 aliphatic rings. The summed E-state index contributed by atoms with van der Waals surface area (Å²) >= 11 is 5.83. The first kappa shape index (κ1) is 15.9. The largest absolute Gasteiger partial charge is 0.515 e. The molecule has 22 heavy (non-hydrogen) atoms. The molecule has 0 N–H and O–H groups in total. The Morgan fingerprint density at radius 3 is 2.64 bits per heavy atom. The van der Waals surface area contributed by atoms with Crippen LogP contribution in [0.15, 0.2) is 24.3 Å². The smallest absolute Gasteiger partial charge is 0.434 e. The summed E-state index contributed by atoms with van der Waals surface area (Å²) in [5, 5.41) is 0.656. The normalized spacial score (nSPS) is 9.82. The molecule has 114 valence electrons. The van der Waals surface area contributed by atoms with Gasteiger partial charge in [-0.1, -0.05) is 17.5 Å². The van der Waals surface area contributed by atoms with Crippen molar-refractivity contribution >= 4 is 17.8 Å². The maximum absolute atomic E-state index is 11.4. The van der Waals surface area contributed by atoms with Crippen molar-refractivity contribution in [1.82, 2.24) is 9.55 Å². The zero-order valence-corrected chi connectivity index (χ0v) is 13.3. The molecule has 0 radical (unpaired) electrons. The number of ether oxygens (including phenoxy) is 2. The lowest BCUT2D eigenvalue weighted by Crippen LogP contribution is -2.13. The van der Waals surface area contributed by atoms with Crippen LogP contribution in [0.4, 0.5) is 4.79 Å². The minimum Gasteiger partial charge on any atom is -0.434 e. The van der Waals surface area contributed by atoms with E-state index in [9.17, 15) is 4.79 Å². The van der Waals surface area contributed by atoms with Crippen molar-refractivity contribution < 1.29 is 14.3 Å². The van der Waals surface area contributed by atoms with E-state index < -0.39 is 6.16 Å². The predicted molar refractivity (Wildman–Crippen MR) is 83.0 cm³/mol. The Morgan fingerprint density at radius 2 is 2.00 bits per heavy atom. The highest BCUT2D eigenvalue weighted by Gasteiger charge is 2.15. The third-order valence-electron chi connectivity index (χ3n) is 2.81. The van der Waals surface area contributed by atoms with Gasteiger partial charge in [0, 0.05) is 17.6 Å². The van der Waals surface area contributed by atoms with Gasteiger partial charge in [0.15, 0.2) is 5.82 Å². The van der Waals surface area contributed by atoms with E-state index in [2.05, 4.69) is 16.8 Å². The molecule has 0 aliphatic carbocycles. The van der Waals surface area contributed by atoms with Crippen LogP contribution in [0, 0.1) is 18.8 Å². The molecule has 6 heteroatoms. The molecule has 1 heterocycles. The number of hydrogen-bond acceptors (Lipinski definition) is 4. The summed E-state index contributed by atoms with van der Waals surface area (Å²) in [5.41, 5.74) is 1.38. The number of hydrogen-bond donors (Lipinski definition) is 0. The quantitative estimate of drug-likeness (QED) is 0.629. The average Bonchev–Trinajstić information content (AvgIpc) is 2.75. The van der Waals surface area contributed by atoms with E-state index in [4.69, 9.17) is 21.1 Å². The molecule has 0 unspecified atom stereocenters. The second kappa shape index (κ2) is 7.01. The average molecular weight is 319 g/mol. The SMILES string of the molecule is CCOC(=O)Oc1c(C)nc(C#Cc2ccc(Cl)cc2)n1C. The number of carbonyl (C=O) groups is 1. The molecule has 1 aromatic heterocycles. The first-order chi connectivity index (χ1) is 10.5. The van der Waals surface area contributed by atoms with Gasteiger partial charge in [0.25, 0.3) is 0 Å². The van der Waals surface area contributed by atoms with Crippen LogP contribution in [0.5, 0.6) is 5.88 Å². The summed E-state index contributed by atoms with van der Waals surface area (Å²) in [6.07, 6.45) is -0.759. The zero-order chi connectivity index (χ0) is 16.1. The molecule has 0 amide bonds. The molecule has 2 rings (SSSR count). The predicted octanol–water partition coefficient (Wildman–Crippen LogP) is 3.32. The number of benzene rings is 1. The zero-order valence-electron chi connectivity index (χ0n) is 12.5. The molecule has 2 aromatic rings. The number of carbonyl (C=O) groups excluding carboxylic acids is 1. The summed E-state index contributed by atoms with van der Waals surface area (Å²) in [6, 6.07) is 7.18. The minimum atomic E-state index is -0.759. The Hall–Kier alpha value is -2.45. The first-order valence-electron chi connectivity index (χ1n) is 6.66. The van der Waals surface area contributed by atoms with Crippen LogP contribution in [0.3, 0.4) is 0 Å². The molecule has 0 spiro atoms. The van der Waals surface area contributed by atoms with E-state index in [0.717, 1.165) is 5.56 Å². The highest BCUT2D eigenvalue weighted by molar-refractivity contribution is 6.30. The molecule has 0 atom stereocenters. The fourth-order valence-corrected chi connectivity index (χ4v) is 1.89. The summed E-state index contributed by atoms with van der Waals surface area (Å²) in [6.45, 7) is 3.70. The van der Waals surface area contributed by atoms with Gasteiger partial charge in [-0.05, 0) is 44.0 Å². The van der Waals surface area contributed by atoms with Gasteiger partial charge in [0.1, 0.15) is 5.69 Å². The third-order valence-corrected chi connectivity index (χ3v) is 3.06. The van der Waals surface area contributed by atoms with E-state index in [1.165, 1.54) is 0 Å². The Bertz CT molecular complexity index is 739. The fourth-order valence-electron chi connectivity index (χ4n) is 1.76. The van der Waals surface area contributed by atoms with E-state index in [1.807, 2.05) is 12.1 Å². The van der Waals surface area contributed by atoms with Crippen LogP contribution in [0.25, 0.3) is 0 Å². The number of halogens is 1. The number of imidazole rings is 1. The third kappa shape index (κ3) is 3.80. The van der Waals surface area contributed by atoms with Crippen molar-refractivity contribution in [3.05, 3.63) is 46.4 Å². The maximum atomic E-state index is 11.4. The molecular weight excluding hydrogens is 304 g/mol. The fraction of sp³-hybridized carbons (Fsp3) is 0.250. The number of aryl methyl sites for hydroxylation is 1. The number of nitrogens with zero attached hydrogens (tertiary/aromatic N) is 2. The van der Waals surface area contributed by atoms with Crippen molar-refractivity contribution in [3.63, 3.8) is 0 Å². The van der Waals surface area contributed by atoms with Gasteiger partial charge in [0.2, 0.25) is 5.88 Å². The van der Waals surface area contributed by atoms with Gasteiger partial charge in [-0.25, -0.2) is 9.78 Å². The van der Waals surface area contributed by atoms with Crippen LogP contribution in [0.1, 0.15) is 24.0 Å². The maximum Gasteiger partial charge on any atom is 0.515 e. The molecule has 0 aliphatic heterocycles. The number of aromatic nitrogens is 2. The molecule has 0 bridgehead atoms. The lowest BCUT2D eigenvalue weighted by atomic mass is 10.2. The lowest BCUT2D eigenvalue weighted by molar-refractivity contribution is 0.101. The topological polar surface area (TPSA) is 53.4 Å². The molecule has 1 aromatic carbocycles. The van der Waals surface area contributed by atoms with E-state index >= 15 is 0 Å². The van der Waals surface area contributed by atoms with E-state index in [0.29, 0.717) is 22.4 Å². The summed E-state index contributed by atoms with van der Waals surface area (Å²) in [7, 11) is 1.72. The Morgan fingerprint density at radius 1 is 1.32 bits per heavy atom. The summed E-state index contributed by atoms with van der Waals surface area (Å²) < 4.78 is 11.5. The highest BCUT2D eigenvalue weighted by Crippen LogP contribution is 2.18. The number of rotatable bonds is 2.